The predicted octanol–water partition coefficient (Wildman–Crippen LogP) is 1.11. The lowest BCUT2D eigenvalue weighted by Crippen LogP contribution is -2.34. The molecule has 0 unspecified atom stereocenters. The highest BCUT2D eigenvalue weighted by atomic mass is 32.1. The Kier molecular flexibility index (Phi) is 3.65. The second-order valence-electron chi connectivity index (χ2n) is 4.09. The van der Waals surface area contributed by atoms with E-state index in [-0.39, 0.29) is 12.3 Å². The molecule has 84 valence electrons. The van der Waals surface area contributed by atoms with Gasteiger partial charge < -0.3 is 5.73 Å². The van der Waals surface area contributed by atoms with Gasteiger partial charge in [-0.2, -0.15) is 0 Å². The second kappa shape index (κ2) is 4.59. The van der Waals surface area contributed by atoms with E-state index in [0.717, 1.165) is 0 Å². The third kappa shape index (κ3) is 4.75. The van der Waals surface area contributed by atoms with Crippen LogP contribution in [0.15, 0.2) is 5.38 Å². The molecule has 1 heterocycles. The molecule has 3 N–H and O–H groups in total. The average Bonchev–Trinajstić information content (AvgIpc) is 2.47. The summed E-state index contributed by atoms with van der Waals surface area (Å²) < 4.78 is 0. The van der Waals surface area contributed by atoms with E-state index >= 15 is 0 Å². The number of carbonyl (C=O) groups excluding carboxylic acids is 1. The highest BCUT2D eigenvalue weighted by molar-refractivity contribution is 7.13. The minimum atomic E-state index is -0.392. The highest BCUT2D eigenvalue weighted by Gasteiger charge is 2.13. The van der Waals surface area contributed by atoms with Gasteiger partial charge in [0.05, 0.1) is 17.7 Å². The molecule has 0 radical (unpaired) electrons. The van der Waals surface area contributed by atoms with Crippen LogP contribution in [0.3, 0.4) is 0 Å². The summed E-state index contributed by atoms with van der Waals surface area (Å²) >= 11 is 1.32. The first kappa shape index (κ1) is 11.9. The van der Waals surface area contributed by atoms with Crippen molar-refractivity contribution in [2.75, 3.05) is 5.73 Å². The van der Waals surface area contributed by atoms with Crippen molar-refractivity contribution in [1.82, 2.24) is 10.5 Å². The molecule has 5 nitrogen and oxygen atoms in total. The molecule has 0 bridgehead atoms. The van der Waals surface area contributed by atoms with Crippen molar-refractivity contribution in [2.45, 2.75) is 32.8 Å². The Balaban J connectivity index is 2.37. The number of anilines is 1. The Hall–Kier alpha value is -1.14. The van der Waals surface area contributed by atoms with E-state index < -0.39 is 5.60 Å². The molecule has 0 atom stereocenters. The number of nitrogen functional groups attached to an aromatic ring is 1. The van der Waals surface area contributed by atoms with E-state index in [1.165, 1.54) is 11.3 Å². The largest absolute Gasteiger partial charge is 0.375 e. The molecule has 1 aromatic rings. The van der Waals surface area contributed by atoms with Gasteiger partial charge in [-0.3, -0.25) is 9.63 Å². The Morgan fingerprint density at radius 1 is 1.67 bits per heavy atom. The third-order valence-corrected chi connectivity index (χ3v) is 2.10. The molecule has 0 fully saturated rings. The number of nitrogens with zero attached hydrogens (tertiary/aromatic N) is 1. The van der Waals surface area contributed by atoms with Gasteiger partial charge in [0.2, 0.25) is 5.91 Å². The first-order valence-corrected chi connectivity index (χ1v) is 5.41. The summed E-state index contributed by atoms with van der Waals surface area (Å²) in [6.07, 6.45) is 0.184. The molecule has 0 spiro atoms. The number of nitrogens with one attached hydrogen (secondary N) is 1. The molecular formula is C9H15N3O2S. The van der Waals surface area contributed by atoms with Crippen molar-refractivity contribution in [1.29, 1.82) is 0 Å². The fourth-order valence-electron chi connectivity index (χ4n) is 0.814. The summed E-state index contributed by atoms with van der Waals surface area (Å²) in [4.78, 5) is 20.4. The van der Waals surface area contributed by atoms with Gasteiger partial charge >= 0.3 is 0 Å². The maximum Gasteiger partial charge on any atom is 0.249 e. The number of hydroxylamine groups is 1. The third-order valence-electron chi connectivity index (χ3n) is 1.38. The number of thiazole rings is 1. The lowest BCUT2D eigenvalue weighted by atomic mass is 10.2. The fourth-order valence-corrected chi connectivity index (χ4v) is 1.38. The normalized spacial score (nSPS) is 11.4. The second-order valence-corrected chi connectivity index (χ2v) is 4.98. The topological polar surface area (TPSA) is 77.2 Å². The summed E-state index contributed by atoms with van der Waals surface area (Å²) in [7, 11) is 0. The van der Waals surface area contributed by atoms with Gasteiger partial charge in [-0.05, 0) is 20.8 Å². The van der Waals surface area contributed by atoms with Crippen LogP contribution >= 0.6 is 11.3 Å². The van der Waals surface area contributed by atoms with Crippen molar-refractivity contribution >= 4 is 22.4 Å². The standard InChI is InChI=1S/C9H15N3O2S/c1-9(2,3)14-12-7(13)4-6-5-15-8(10)11-6/h5H,4H2,1-3H3,(H2,10,11)(H,12,13). The fraction of sp³-hybridized carbons (Fsp3) is 0.556. The van der Waals surface area contributed by atoms with Crippen LogP contribution in [0.1, 0.15) is 26.5 Å². The Bertz CT molecular complexity index is 343. The lowest BCUT2D eigenvalue weighted by molar-refractivity contribution is -0.144. The molecule has 0 aromatic carbocycles. The SMILES string of the molecule is CC(C)(C)ONC(=O)Cc1csc(N)n1. The molecule has 0 saturated heterocycles. The molecule has 15 heavy (non-hydrogen) atoms. The number of aromatic nitrogens is 1. The summed E-state index contributed by atoms with van der Waals surface area (Å²) in [5.41, 5.74) is 8.07. The van der Waals surface area contributed by atoms with Crippen LogP contribution in [0.2, 0.25) is 0 Å². The number of hydrogen-bond acceptors (Lipinski definition) is 5. The van der Waals surface area contributed by atoms with Gasteiger partial charge in [0, 0.05) is 5.38 Å². The Morgan fingerprint density at radius 3 is 2.80 bits per heavy atom. The van der Waals surface area contributed by atoms with Crippen LogP contribution in [-0.2, 0) is 16.1 Å². The number of nitrogens with two attached hydrogens (primary N) is 1. The molecule has 1 rings (SSSR count). The van der Waals surface area contributed by atoms with Crippen molar-refractivity contribution in [3.8, 4) is 0 Å². The van der Waals surface area contributed by atoms with Crippen LogP contribution in [0, 0.1) is 0 Å². The number of carbonyl (C=O) groups is 1. The van der Waals surface area contributed by atoms with Crippen molar-refractivity contribution in [3.05, 3.63) is 11.1 Å². The first-order valence-electron chi connectivity index (χ1n) is 4.53. The highest BCUT2D eigenvalue weighted by Crippen LogP contribution is 2.11. The molecule has 6 heteroatoms. The van der Waals surface area contributed by atoms with E-state index in [1.54, 1.807) is 5.38 Å². The smallest absolute Gasteiger partial charge is 0.249 e. The van der Waals surface area contributed by atoms with Crippen molar-refractivity contribution in [3.63, 3.8) is 0 Å². The minimum Gasteiger partial charge on any atom is -0.375 e. The van der Waals surface area contributed by atoms with Crippen LogP contribution in [0.5, 0.6) is 0 Å². The summed E-state index contributed by atoms with van der Waals surface area (Å²) in [5, 5.41) is 2.22. The van der Waals surface area contributed by atoms with E-state index in [4.69, 9.17) is 10.6 Å². The molecule has 0 saturated carbocycles. The predicted molar refractivity (Wildman–Crippen MR) is 59.2 cm³/mol. The number of hydrogen-bond donors (Lipinski definition) is 2. The summed E-state index contributed by atoms with van der Waals surface area (Å²) in [5.74, 6) is -0.227. The quantitative estimate of drug-likeness (QED) is 0.761. The van der Waals surface area contributed by atoms with Crippen LogP contribution in [-0.4, -0.2) is 16.5 Å². The van der Waals surface area contributed by atoms with Gasteiger partial charge in [0.1, 0.15) is 0 Å². The van der Waals surface area contributed by atoms with Crippen LogP contribution < -0.4 is 11.2 Å². The van der Waals surface area contributed by atoms with E-state index in [2.05, 4.69) is 10.5 Å². The number of rotatable bonds is 3. The monoisotopic (exact) mass is 229 g/mol. The zero-order valence-corrected chi connectivity index (χ0v) is 9.85. The Morgan fingerprint density at radius 2 is 2.33 bits per heavy atom. The Labute approximate surface area is 92.6 Å². The maximum absolute atomic E-state index is 11.4. The van der Waals surface area contributed by atoms with Gasteiger partial charge in [0.15, 0.2) is 5.13 Å². The molecular weight excluding hydrogens is 214 g/mol. The van der Waals surface area contributed by atoms with E-state index in [9.17, 15) is 4.79 Å². The molecule has 1 amide bonds. The maximum atomic E-state index is 11.4. The van der Waals surface area contributed by atoms with Crippen molar-refractivity contribution < 1.29 is 9.63 Å². The zero-order valence-electron chi connectivity index (χ0n) is 9.03. The number of amides is 1. The molecule has 0 aliphatic carbocycles. The summed E-state index contributed by atoms with van der Waals surface area (Å²) in [6.45, 7) is 5.57. The van der Waals surface area contributed by atoms with Crippen molar-refractivity contribution in [2.24, 2.45) is 0 Å². The van der Waals surface area contributed by atoms with Gasteiger partial charge in [-0.15, -0.1) is 11.3 Å². The van der Waals surface area contributed by atoms with Gasteiger partial charge in [-0.25, -0.2) is 10.5 Å². The molecule has 1 aromatic heterocycles. The van der Waals surface area contributed by atoms with Gasteiger partial charge in [-0.1, -0.05) is 0 Å². The average molecular weight is 229 g/mol. The molecule has 0 aliphatic rings. The van der Waals surface area contributed by atoms with Crippen LogP contribution in [0.4, 0.5) is 5.13 Å². The first-order chi connectivity index (χ1) is 6.87. The van der Waals surface area contributed by atoms with E-state index in [0.29, 0.717) is 10.8 Å². The van der Waals surface area contributed by atoms with E-state index in [1.807, 2.05) is 20.8 Å². The zero-order chi connectivity index (χ0) is 11.5. The van der Waals surface area contributed by atoms with Gasteiger partial charge in [0.25, 0.3) is 0 Å². The minimum absolute atomic E-state index is 0.184. The lowest BCUT2D eigenvalue weighted by Gasteiger charge is -2.18. The molecule has 0 aliphatic heterocycles. The van der Waals surface area contributed by atoms with Crippen LogP contribution in [0.25, 0.3) is 0 Å². The summed E-state index contributed by atoms with van der Waals surface area (Å²) in [6, 6.07) is 0.